The number of amides is 2. The van der Waals surface area contributed by atoms with E-state index < -0.39 is 6.04 Å². The third kappa shape index (κ3) is 6.38. The van der Waals surface area contributed by atoms with E-state index in [0.717, 1.165) is 16.7 Å². The van der Waals surface area contributed by atoms with Gasteiger partial charge in [0.05, 0.1) is 0 Å². The van der Waals surface area contributed by atoms with Crippen molar-refractivity contribution in [2.75, 3.05) is 13.2 Å². The number of nitrogens with one attached hydrogen (secondary N) is 1. The number of hydrogen-bond acceptors (Lipinski definition) is 3. The van der Waals surface area contributed by atoms with Crippen LogP contribution in [-0.2, 0) is 16.1 Å². The Balaban J connectivity index is 2.16. The normalized spacial score (nSPS) is 11.7. The Bertz CT molecular complexity index is 846. The van der Waals surface area contributed by atoms with Gasteiger partial charge in [-0.2, -0.15) is 0 Å². The van der Waals surface area contributed by atoms with E-state index in [1.807, 2.05) is 32.9 Å². The van der Waals surface area contributed by atoms with E-state index in [1.165, 1.54) is 4.90 Å². The number of hydrogen-bond donors (Lipinski definition) is 1. The smallest absolute Gasteiger partial charge is 0.261 e. The molecule has 2 amide bonds. The quantitative estimate of drug-likeness (QED) is 0.660. The summed E-state index contributed by atoms with van der Waals surface area (Å²) in [4.78, 5) is 26.8. The molecule has 0 aromatic heterocycles. The van der Waals surface area contributed by atoms with Gasteiger partial charge in [0.15, 0.2) is 6.61 Å². The lowest BCUT2D eigenvalue weighted by atomic mass is 10.1. The van der Waals surface area contributed by atoms with Crippen LogP contribution in [0.4, 0.5) is 0 Å². The first-order chi connectivity index (χ1) is 13.7. The molecule has 2 aromatic rings. The van der Waals surface area contributed by atoms with E-state index in [0.29, 0.717) is 22.3 Å². The summed E-state index contributed by atoms with van der Waals surface area (Å²) in [6.07, 6.45) is 0. The summed E-state index contributed by atoms with van der Waals surface area (Å²) in [5, 5.41) is 4.05. The molecule has 0 aliphatic rings. The molecule has 5 nitrogen and oxygen atoms in total. The fraction of sp³-hybridized carbons (Fsp3) is 0.364. The lowest BCUT2D eigenvalue weighted by Crippen LogP contribution is -2.49. The molecule has 2 aromatic carbocycles. The van der Waals surface area contributed by atoms with Gasteiger partial charge in [0.2, 0.25) is 5.91 Å². The largest absolute Gasteiger partial charge is 0.484 e. The molecule has 0 saturated heterocycles. The minimum Gasteiger partial charge on any atom is -0.484 e. The number of rotatable bonds is 8. The van der Waals surface area contributed by atoms with E-state index in [9.17, 15) is 9.59 Å². The highest BCUT2D eigenvalue weighted by Crippen LogP contribution is 2.26. The molecule has 7 heteroatoms. The van der Waals surface area contributed by atoms with Crippen LogP contribution in [0.3, 0.4) is 0 Å². The van der Waals surface area contributed by atoms with Crippen LogP contribution in [0.1, 0.15) is 30.5 Å². The molecule has 0 saturated carbocycles. The van der Waals surface area contributed by atoms with Gasteiger partial charge in [0, 0.05) is 23.1 Å². The van der Waals surface area contributed by atoms with Crippen molar-refractivity contribution >= 4 is 35.0 Å². The van der Waals surface area contributed by atoms with Crippen molar-refractivity contribution in [2.24, 2.45) is 0 Å². The maximum absolute atomic E-state index is 12.9. The molecule has 0 aliphatic heterocycles. The van der Waals surface area contributed by atoms with Gasteiger partial charge >= 0.3 is 0 Å². The Morgan fingerprint density at radius 1 is 1.10 bits per heavy atom. The summed E-state index contributed by atoms with van der Waals surface area (Å²) in [6, 6.07) is 10.1. The topological polar surface area (TPSA) is 58.6 Å². The molecular formula is C22H26Cl2N2O3. The van der Waals surface area contributed by atoms with Crippen molar-refractivity contribution in [1.82, 2.24) is 10.2 Å². The van der Waals surface area contributed by atoms with Crippen LogP contribution in [0.5, 0.6) is 5.75 Å². The summed E-state index contributed by atoms with van der Waals surface area (Å²) in [7, 11) is 0. The first-order valence-corrected chi connectivity index (χ1v) is 10.2. The minimum atomic E-state index is -0.643. The zero-order chi connectivity index (χ0) is 21.6. The molecule has 2 rings (SSSR count). The fourth-order valence-corrected chi connectivity index (χ4v) is 3.14. The van der Waals surface area contributed by atoms with Crippen molar-refractivity contribution in [3.05, 3.63) is 63.1 Å². The zero-order valence-corrected chi connectivity index (χ0v) is 18.6. The maximum atomic E-state index is 12.9. The van der Waals surface area contributed by atoms with Crippen LogP contribution in [0.25, 0.3) is 0 Å². The second kappa shape index (κ2) is 10.5. The molecule has 156 valence electrons. The highest BCUT2D eigenvalue weighted by molar-refractivity contribution is 6.32. The Kier molecular flexibility index (Phi) is 8.35. The van der Waals surface area contributed by atoms with Gasteiger partial charge in [-0.05, 0) is 68.7 Å². The summed E-state index contributed by atoms with van der Waals surface area (Å²) < 4.78 is 5.71. The summed E-state index contributed by atoms with van der Waals surface area (Å²) in [5.41, 5.74) is 2.63. The number of benzene rings is 2. The van der Waals surface area contributed by atoms with Crippen LogP contribution >= 0.6 is 23.2 Å². The van der Waals surface area contributed by atoms with Gasteiger partial charge in [-0.15, -0.1) is 0 Å². The number of nitrogens with zero attached hydrogens (tertiary/aromatic N) is 1. The number of halogens is 2. The fourth-order valence-electron chi connectivity index (χ4n) is 2.91. The van der Waals surface area contributed by atoms with Crippen LogP contribution in [0.15, 0.2) is 36.4 Å². The molecular weight excluding hydrogens is 411 g/mol. The predicted octanol–water partition coefficient (Wildman–Crippen LogP) is 4.54. The van der Waals surface area contributed by atoms with Crippen molar-refractivity contribution in [3.8, 4) is 5.75 Å². The Hall–Kier alpha value is -2.24. The summed E-state index contributed by atoms with van der Waals surface area (Å²) in [5.74, 6) is 0.0619. The highest BCUT2D eigenvalue weighted by atomic mass is 35.5. The van der Waals surface area contributed by atoms with Gasteiger partial charge in [0.1, 0.15) is 11.8 Å². The van der Waals surface area contributed by atoms with Gasteiger partial charge in [-0.1, -0.05) is 35.3 Å². The van der Waals surface area contributed by atoms with Crippen LogP contribution < -0.4 is 10.1 Å². The van der Waals surface area contributed by atoms with Gasteiger partial charge in [-0.3, -0.25) is 9.59 Å². The van der Waals surface area contributed by atoms with Crippen LogP contribution in [-0.4, -0.2) is 35.9 Å². The third-order valence-corrected chi connectivity index (χ3v) is 5.40. The highest BCUT2D eigenvalue weighted by Gasteiger charge is 2.26. The number of ether oxygens (including phenoxy) is 1. The first kappa shape index (κ1) is 23.0. The molecule has 0 fully saturated rings. The van der Waals surface area contributed by atoms with Gasteiger partial charge < -0.3 is 15.0 Å². The van der Waals surface area contributed by atoms with E-state index in [4.69, 9.17) is 27.9 Å². The van der Waals surface area contributed by atoms with E-state index in [1.54, 1.807) is 31.2 Å². The predicted molar refractivity (Wildman–Crippen MR) is 117 cm³/mol. The van der Waals surface area contributed by atoms with Crippen molar-refractivity contribution < 1.29 is 14.3 Å². The van der Waals surface area contributed by atoms with E-state index in [2.05, 4.69) is 5.32 Å². The molecule has 1 atom stereocenters. The molecule has 0 unspecified atom stereocenters. The lowest BCUT2D eigenvalue weighted by molar-refractivity contribution is -0.142. The Morgan fingerprint density at radius 2 is 1.69 bits per heavy atom. The second-order valence-electron chi connectivity index (χ2n) is 6.88. The monoisotopic (exact) mass is 436 g/mol. The molecule has 29 heavy (non-hydrogen) atoms. The molecule has 0 radical (unpaired) electrons. The van der Waals surface area contributed by atoms with Crippen molar-refractivity contribution in [2.45, 2.75) is 40.3 Å². The molecule has 0 aliphatic carbocycles. The number of aryl methyl sites for hydroxylation is 2. The number of carbonyl (C=O) groups is 2. The average molecular weight is 437 g/mol. The van der Waals surface area contributed by atoms with Crippen molar-refractivity contribution in [3.63, 3.8) is 0 Å². The third-order valence-electron chi connectivity index (χ3n) is 4.56. The molecule has 0 heterocycles. The van der Waals surface area contributed by atoms with Crippen LogP contribution in [0.2, 0.25) is 10.0 Å². The van der Waals surface area contributed by atoms with Crippen molar-refractivity contribution in [1.29, 1.82) is 0 Å². The second-order valence-corrected chi connectivity index (χ2v) is 7.69. The minimum absolute atomic E-state index is 0.183. The molecule has 0 bridgehead atoms. The first-order valence-electron chi connectivity index (χ1n) is 9.44. The van der Waals surface area contributed by atoms with E-state index in [-0.39, 0.29) is 25.0 Å². The number of likely N-dealkylation sites (N-methyl/N-ethyl adjacent to an activating group) is 1. The summed E-state index contributed by atoms with van der Waals surface area (Å²) >= 11 is 12.1. The maximum Gasteiger partial charge on any atom is 0.261 e. The standard InChI is InChI=1S/C22H26Cl2N2O3/c1-5-25-22(28)16(4)26(12-17-6-8-18(23)9-7-17)20(27)13-29-19-10-14(2)21(24)15(3)11-19/h6-11,16H,5,12-13H2,1-4H3,(H,25,28)/t16-/m1/s1. The zero-order valence-electron chi connectivity index (χ0n) is 17.1. The van der Waals surface area contributed by atoms with Crippen LogP contribution in [0, 0.1) is 13.8 Å². The molecule has 1 N–H and O–H groups in total. The Morgan fingerprint density at radius 3 is 2.24 bits per heavy atom. The molecule has 0 spiro atoms. The average Bonchev–Trinajstić information content (AvgIpc) is 2.69. The lowest BCUT2D eigenvalue weighted by Gasteiger charge is -2.28. The number of carbonyl (C=O) groups excluding carboxylic acids is 2. The SMILES string of the molecule is CCNC(=O)[C@@H](C)N(Cc1ccc(Cl)cc1)C(=O)COc1cc(C)c(Cl)c(C)c1. The van der Waals surface area contributed by atoms with E-state index >= 15 is 0 Å². The Labute approximate surface area is 181 Å². The van der Waals surface area contributed by atoms with Gasteiger partial charge in [-0.25, -0.2) is 0 Å². The summed E-state index contributed by atoms with van der Waals surface area (Å²) in [6.45, 7) is 7.89. The van der Waals surface area contributed by atoms with Gasteiger partial charge in [0.25, 0.3) is 5.91 Å².